The molecule has 0 spiro atoms. The van der Waals surface area contributed by atoms with E-state index in [-0.39, 0.29) is 0 Å². The third-order valence-corrected chi connectivity index (χ3v) is 3.53. The first-order valence-electron chi connectivity index (χ1n) is 8.90. The van der Waals surface area contributed by atoms with Crippen LogP contribution in [-0.2, 0) is 0 Å². The summed E-state index contributed by atoms with van der Waals surface area (Å²) in [4.78, 5) is 6.62. The number of rotatable bonds is 12. The Bertz CT molecular complexity index is 508. The molecule has 0 atom stereocenters. The smallest absolute Gasteiger partial charge is 0.217 e. The minimum Gasteiger partial charge on any atom is -0.478 e. The maximum Gasteiger partial charge on any atom is 0.217 e. The van der Waals surface area contributed by atoms with Gasteiger partial charge in [0.25, 0.3) is 0 Å². The summed E-state index contributed by atoms with van der Waals surface area (Å²) in [6.07, 6.45) is 12.7. The number of nitrogens with zero attached hydrogens (tertiary/aromatic N) is 2. The predicted octanol–water partition coefficient (Wildman–Crippen LogP) is 3.87. The highest BCUT2D eigenvalue weighted by atomic mass is 16.5. The second kappa shape index (κ2) is 12.3. The van der Waals surface area contributed by atoms with Crippen molar-refractivity contribution in [1.82, 2.24) is 4.98 Å². The van der Waals surface area contributed by atoms with E-state index in [1.807, 2.05) is 24.3 Å². The van der Waals surface area contributed by atoms with Crippen molar-refractivity contribution in [2.45, 2.75) is 46.0 Å². The van der Waals surface area contributed by atoms with Crippen molar-refractivity contribution in [3.63, 3.8) is 0 Å². The summed E-state index contributed by atoms with van der Waals surface area (Å²) in [5, 5.41) is 0. The number of aromatic nitrogens is 1. The number of nitrogen functional groups attached to an aromatic ring is 1. The van der Waals surface area contributed by atoms with Crippen LogP contribution in [0.2, 0.25) is 0 Å². The van der Waals surface area contributed by atoms with Crippen molar-refractivity contribution >= 4 is 11.5 Å². The van der Waals surface area contributed by atoms with Gasteiger partial charge in [-0.05, 0) is 44.4 Å². The van der Waals surface area contributed by atoms with Gasteiger partial charge in [-0.15, -0.1) is 0 Å². The van der Waals surface area contributed by atoms with Gasteiger partial charge >= 0.3 is 0 Å². The quantitative estimate of drug-likeness (QED) is 0.449. The Morgan fingerprint density at radius 1 is 1.12 bits per heavy atom. The van der Waals surface area contributed by atoms with Gasteiger partial charge in [-0.1, -0.05) is 26.0 Å². The lowest BCUT2D eigenvalue weighted by atomic mass is 10.2. The van der Waals surface area contributed by atoms with Crippen molar-refractivity contribution in [3.8, 4) is 5.88 Å². The van der Waals surface area contributed by atoms with Crippen LogP contribution in [0, 0.1) is 0 Å². The molecular formula is C19H32N4O. The molecule has 5 nitrogen and oxygen atoms in total. The molecule has 0 bridgehead atoms. The standard InChI is InChI=1S/C19H32N4O/c1-3-12-23(13-4-2)17-15-18(21)22-19(16-17)24-14-10-8-6-5-7-9-11-20/h5,7,9,11,15-16H,3-4,6,8,10,12-14,20H2,1-2H3,(H2,21,22)/b7-5-,11-9-. The zero-order valence-corrected chi connectivity index (χ0v) is 15.1. The van der Waals surface area contributed by atoms with Gasteiger partial charge in [0.2, 0.25) is 5.88 Å². The highest BCUT2D eigenvalue weighted by Gasteiger charge is 2.08. The summed E-state index contributed by atoms with van der Waals surface area (Å²) < 4.78 is 5.79. The molecule has 1 rings (SSSR count). The van der Waals surface area contributed by atoms with Crippen LogP contribution in [0.25, 0.3) is 0 Å². The molecule has 0 fully saturated rings. The van der Waals surface area contributed by atoms with Gasteiger partial charge in [-0.25, -0.2) is 0 Å². The zero-order chi connectivity index (χ0) is 17.6. The fourth-order valence-electron chi connectivity index (χ4n) is 2.46. The summed E-state index contributed by atoms with van der Waals surface area (Å²) in [7, 11) is 0. The molecule has 24 heavy (non-hydrogen) atoms. The maximum atomic E-state index is 5.94. The molecule has 0 aliphatic rings. The fourth-order valence-corrected chi connectivity index (χ4v) is 2.46. The van der Waals surface area contributed by atoms with Gasteiger partial charge in [-0.3, -0.25) is 0 Å². The lowest BCUT2D eigenvalue weighted by Gasteiger charge is -2.24. The van der Waals surface area contributed by atoms with Gasteiger partial charge in [-0.2, -0.15) is 4.98 Å². The normalized spacial score (nSPS) is 11.4. The Hall–Kier alpha value is -2.17. The van der Waals surface area contributed by atoms with Crippen LogP contribution in [0.1, 0.15) is 46.0 Å². The van der Waals surface area contributed by atoms with E-state index in [1.165, 1.54) is 6.20 Å². The molecule has 0 aliphatic heterocycles. The van der Waals surface area contributed by atoms with E-state index in [0.29, 0.717) is 18.3 Å². The molecule has 0 saturated carbocycles. The molecule has 5 heteroatoms. The second-order valence-corrected chi connectivity index (χ2v) is 5.73. The number of pyridine rings is 1. The lowest BCUT2D eigenvalue weighted by Crippen LogP contribution is -2.25. The van der Waals surface area contributed by atoms with Crippen molar-refractivity contribution in [3.05, 3.63) is 36.6 Å². The van der Waals surface area contributed by atoms with E-state index < -0.39 is 0 Å². The van der Waals surface area contributed by atoms with Crippen molar-refractivity contribution in [2.24, 2.45) is 5.73 Å². The van der Waals surface area contributed by atoms with Gasteiger partial charge < -0.3 is 21.1 Å². The number of allylic oxidation sites excluding steroid dienone is 3. The minimum atomic E-state index is 0.510. The number of anilines is 2. The highest BCUT2D eigenvalue weighted by molar-refractivity contribution is 5.55. The SMILES string of the molecule is CCCN(CCC)c1cc(N)nc(OCCCC/C=C\C=C/N)c1. The largest absolute Gasteiger partial charge is 0.478 e. The number of nitrogens with two attached hydrogens (primary N) is 2. The summed E-state index contributed by atoms with van der Waals surface area (Å²) >= 11 is 0. The Balaban J connectivity index is 2.50. The molecular weight excluding hydrogens is 300 g/mol. The maximum absolute atomic E-state index is 5.94. The van der Waals surface area contributed by atoms with Gasteiger partial charge in [0.05, 0.1) is 6.61 Å². The molecule has 0 saturated heterocycles. The second-order valence-electron chi connectivity index (χ2n) is 5.73. The number of hydrogen-bond acceptors (Lipinski definition) is 5. The van der Waals surface area contributed by atoms with Crippen LogP contribution >= 0.6 is 0 Å². The summed E-state index contributed by atoms with van der Waals surface area (Å²) in [5.41, 5.74) is 12.3. The monoisotopic (exact) mass is 332 g/mol. The van der Waals surface area contributed by atoms with E-state index in [4.69, 9.17) is 16.2 Å². The third-order valence-electron chi connectivity index (χ3n) is 3.53. The van der Waals surface area contributed by atoms with E-state index in [9.17, 15) is 0 Å². The Kier molecular flexibility index (Phi) is 10.2. The molecule has 134 valence electrons. The molecule has 0 aromatic carbocycles. The van der Waals surface area contributed by atoms with E-state index in [1.54, 1.807) is 0 Å². The Morgan fingerprint density at radius 3 is 2.54 bits per heavy atom. The van der Waals surface area contributed by atoms with E-state index in [0.717, 1.165) is 50.9 Å². The van der Waals surface area contributed by atoms with Gasteiger partial charge in [0, 0.05) is 30.9 Å². The van der Waals surface area contributed by atoms with Crippen LogP contribution in [-0.4, -0.2) is 24.7 Å². The van der Waals surface area contributed by atoms with Crippen LogP contribution in [0.3, 0.4) is 0 Å². The van der Waals surface area contributed by atoms with Crippen LogP contribution in [0.15, 0.2) is 36.6 Å². The summed E-state index contributed by atoms with van der Waals surface area (Å²) in [5.74, 6) is 1.13. The number of ether oxygens (including phenoxy) is 1. The molecule has 1 heterocycles. The zero-order valence-electron chi connectivity index (χ0n) is 15.1. The average Bonchev–Trinajstić information content (AvgIpc) is 2.56. The van der Waals surface area contributed by atoms with Gasteiger partial charge in [0.15, 0.2) is 0 Å². The van der Waals surface area contributed by atoms with Crippen LogP contribution < -0.4 is 21.1 Å². The van der Waals surface area contributed by atoms with Crippen molar-refractivity contribution in [2.75, 3.05) is 30.3 Å². The molecule has 0 amide bonds. The Labute approximate surface area is 146 Å². The first kappa shape index (κ1) is 19.9. The molecule has 0 radical (unpaired) electrons. The molecule has 1 aromatic rings. The lowest BCUT2D eigenvalue weighted by molar-refractivity contribution is 0.296. The summed E-state index contributed by atoms with van der Waals surface area (Å²) in [6, 6.07) is 3.92. The molecule has 4 N–H and O–H groups in total. The number of hydrogen-bond donors (Lipinski definition) is 2. The number of unbranched alkanes of at least 4 members (excludes halogenated alkanes) is 2. The fraction of sp³-hybridized carbons (Fsp3) is 0.526. The Morgan fingerprint density at radius 2 is 1.88 bits per heavy atom. The molecule has 0 unspecified atom stereocenters. The van der Waals surface area contributed by atoms with Gasteiger partial charge in [0.1, 0.15) is 5.82 Å². The third kappa shape index (κ3) is 7.90. The first-order valence-corrected chi connectivity index (χ1v) is 8.90. The summed E-state index contributed by atoms with van der Waals surface area (Å²) in [6.45, 7) is 7.05. The van der Waals surface area contributed by atoms with Crippen molar-refractivity contribution in [1.29, 1.82) is 0 Å². The van der Waals surface area contributed by atoms with E-state index >= 15 is 0 Å². The topological polar surface area (TPSA) is 77.4 Å². The minimum absolute atomic E-state index is 0.510. The average molecular weight is 332 g/mol. The van der Waals surface area contributed by atoms with Crippen LogP contribution in [0.4, 0.5) is 11.5 Å². The molecule has 1 aromatic heterocycles. The van der Waals surface area contributed by atoms with Crippen molar-refractivity contribution < 1.29 is 4.74 Å². The molecule has 0 aliphatic carbocycles. The predicted molar refractivity (Wildman–Crippen MR) is 103 cm³/mol. The highest BCUT2D eigenvalue weighted by Crippen LogP contribution is 2.23. The van der Waals surface area contributed by atoms with E-state index in [2.05, 4.69) is 29.8 Å². The van der Waals surface area contributed by atoms with Crippen LogP contribution in [0.5, 0.6) is 5.88 Å². The first-order chi connectivity index (χ1) is 11.7.